The third kappa shape index (κ3) is 3.42. The minimum absolute atomic E-state index is 0.105. The van der Waals surface area contributed by atoms with Gasteiger partial charge in [0.05, 0.1) is 6.33 Å². The molecule has 2 aromatic rings. The molecular formula is C15H23N7O. The van der Waals surface area contributed by atoms with Crippen LogP contribution in [0.2, 0.25) is 0 Å². The Morgan fingerprint density at radius 3 is 2.87 bits per heavy atom. The maximum Gasteiger partial charge on any atom is 0.242 e. The molecule has 1 amide bonds. The van der Waals surface area contributed by atoms with Gasteiger partial charge in [-0.05, 0) is 38.8 Å². The number of nitrogen functional groups attached to an aromatic ring is 1. The van der Waals surface area contributed by atoms with E-state index in [-0.39, 0.29) is 12.5 Å². The topological polar surface area (TPSA) is 102 Å². The van der Waals surface area contributed by atoms with Crippen LogP contribution in [-0.4, -0.2) is 57.0 Å². The molecule has 1 aliphatic heterocycles. The van der Waals surface area contributed by atoms with Crippen molar-refractivity contribution in [3.63, 3.8) is 0 Å². The van der Waals surface area contributed by atoms with Gasteiger partial charge in [-0.1, -0.05) is 0 Å². The summed E-state index contributed by atoms with van der Waals surface area (Å²) in [6.45, 7) is 2.95. The van der Waals surface area contributed by atoms with E-state index in [2.05, 4.69) is 20.3 Å². The van der Waals surface area contributed by atoms with Gasteiger partial charge >= 0.3 is 0 Å². The Kier molecular flexibility index (Phi) is 4.71. The molecule has 0 saturated carbocycles. The summed E-state index contributed by atoms with van der Waals surface area (Å²) < 4.78 is 1.74. The van der Waals surface area contributed by atoms with Crippen molar-refractivity contribution in [2.45, 2.75) is 25.8 Å². The minimum atomic E-state index is 0.105. The van der Waals surface area contributed by atoms with Crippen molar-refractivity contribution in [3.8, 4) is 0 Å². The van der Waals surface area contributed by atoms with Crippen LogP contribution in [-0.2, 0) is 11.3 Å². The molecule has 1 saturated heterocycles. The highest BCUT2D eigenvalue weighted by atomic mass is 16.2. The van der Waals surface area contributed by atoms with Gasteiger partial charge in [0.25, 0.3) is 0 Å². The summed E-state index contributed by atoms with van der Waals surface area (Å²) in [7, 11) is 1.98. The molecule has 3 N–H and O–H groups in total. The number of piperidine rings is 1. The van der Waals surface area contributed by atoms with Crippen LogP contribution in [0.3, 0.4) is 0 Å². The second-order valence-corrected chi connectivity index (χ2v) is 6.02. The lowest BCUT2D eigenvalue weighted by atomic mass is 9.93. The van der Waals surface area contributed by atoms with Gasteiger partial charge in [-0.15, -0.1) is 0 Å². The van der Waals surface area contributed by atoms with E-state index in [1.807, 2.05) is 11.9 Å². The van der Waals surface area contributed by atoms with Crippen molar-refractivity contribution in [1.29, 1.82) is 0 Å². The summed E-state index contributed by atoms with van der Waals surface area (Å²) in [5, 5.41) is 3.19. The lowest BCUT2D eigenvalue weighted by molar-refractivity contribution is -0.133. The maximum atomic E-state index is 12.5. The van der Waals surface area contributed by atoms with E-state index in [9.17, 15) is 4.79 Å². The number of hydrogen-bond acceptors (Lipinski definition) is 6. The zero-order chi connectivity index (χ0) is 16.2. The molecule has 3 heterocycles. The van der Waals surface area contributed by atoms with Gasteiger partial charge in [0.15, 0.2) is 11.5 Å². The average molecular weight is 317 g/mol. The summed E-state index contributed by atoms with van der Waals surface area (Å²) in [6, 6.07) is 0. The number of hydrogen-bond donors (Lipinski definition) is 2. The van der Waals surface area contributed by atoms with Gasteiger partial charge in [-0.25, -0.2) is 15.0 Å². The summed E-state index contributed by atoms with van der Waals surface area (Å²) in [5.41, 5.74) is 6.92. The number of carbonyl (C=O) groups excluding carboxylic acids is 1. The molecule has 23 heavy (non-hydrogen) atoms. The largest absolute Gasteiger partial charge is 0.382 e. The molecule has 0 spiro atoms. The first-order valence-electron chi connectivity index (χ1n) is 8.02. The van der Waals surface area contributed by atoms with Crippen molar-refractivity contribution in [1.82, 2.24) is 29.7 Å². The summed E-state index contributed by atoms with van der Waals surface area (Å²) in [4.78, 5) is 26.7. The number of rotatable bonds is 5. The predicted molar refractivity (Wildman–Crippen MR) is 87.6 cm³/mol. The SMILES string of the molecule is CNCCC1CCN(C(=O)Cn2cnc3c(N)ncnc32)CC1. The molecule has 0 aliphatic carbocycles. The van der Waals surface area contributed by atoms with E-state index in [0.717, 1.165) is 32.5 Å². The molecule has 0 aromatic carbocycles. The second kappa shape index (κ2) is 6.91. The molecule has 0 bridgehead atoms. The fourth-order valence-electron chi connectivity index (χ4n) is 3.08. The first-order chi connectivity index (χ1) is 11.2. The van der Waals surface area contributed by atoms with Gasteiger partial charge < -0.3 is 20.5 Å². The van der Waals surface area contributed by atoms with Crippen molar-refractivity contribution in [2.75, 3.05) is 32.4 Å². The fraction of sp³-hybridized carbons (Fsp3) is 0.600. The average Bonchev–Trinajstić information content (AvgIpc) is 2.98. The number of likely N-dealkylation sites (tertiary alicyclic amines) is 1. The summed E-state index contributed by atoms with van der Waals surface area (Å²) >= 11 is 0. The Bertz CT molecular complexity index is 676. The summed E-state index contributed by atoms with van der Waals surface area (Å²) in [6.07, 6.45) is 6.34. The number of carbonyl (C=O) groups is 1. The monoisotopic (exact) mass is 317 g/mol. The molecule has 0 radical (unpaired) electrons. The van der Waals surface area contributed by atoms with Crippen molar-refractivity contribution >= 4 is 22.9 Å². The number of nitrogens with zero attached hydrogens (tertiary/aromatic N) is 5. The fourth-order valence-corrected chi connectivity index (χ4v) is 3.08. The van der Waals surface area contributed by atoms with Crippen LogP contribution in [0.4, 0.5) is 5.82 Å². The highest BCUT2D eigenvalue weighted by Crippen LogP contribution is 2.21. The number of anilines is 1. The maximum absolute atomic E-state index is 12.5. The molecule has 8 nitrogen and oxygen atoms in total. The molecule has 3 rings (SSSR count). The van der Waals surface area contributed by atoms with E-state index < -0.39 is 0 Å². The Hall–Kier alpha value is -2.22. The highest BCUT2D eigenvalue weighted by Gasteiger charge is 2.23. The quantitative estimate of drug-likeness (QED) is 0.820. The number of imidazole rings is 1. The number of aromatic nitrogens is 4. The van der Waals surface area contributed by atoms with Crippen molar-refractivity contribution < 1.29 is 4.79 Å². The van der Waals surface area contributed by atoms with Crippen molar-refractivity contribution in [2.24, 2.45) is 5.92 Å². The van der Waals surface area contributed by atoms with E-state index in [0.29, 0.717) is 22.9 Å². The van der Waals surface area contributed by atoms with E-state index in [1.54, 1.807) is 10.9 Å². The Morgan fingerprint density at radius 1 is 1.35 bits per heavy atom. The Morgan fingerprint density at radius 2 is 2.13 bits per heavy atom. The van der Waals surface area contributed by atoms with Crippen LogP contribution in [0.1, 0.15) is 19.3 Å². The van der Waals surface area contributed by atoms with Crippen LogP contribution in [0.25, 0.3) is 11.2 Å². The van der Waals surface area contributed by atoms with E-state index in [4.69, 9.17) is 5.73 Å². The normalized spacial score (nSPS) is 16.1. The Labute approximate surface area is 135 Å². The van der Waals surface area contributed by atoms with E-state index in [1.165, 1.54) is 12.7 Å². The first-order valence-corrected chi connectivity index (χ1v) is 8.02. The van der Waals surface area contributed by atoms with Gasteiger partial charge in [0.2, 0.25) is 5.91 Å². The molecule has 0 atom stereocenters. The lowest BCUT2D eigenvalue weighted by Crippen LogP contribution is -2.40. The van der Waals surface area contributed by atoms with Crippen molar-refractivity contribution in [3.05, 3.63) is 12.7 Å². The Balaban J connectivity index is 1.60. The number of fused-ring (bicyclic) bond motifs is 1. The molecule has 2 aromatic heterocycles. The number of nitrogens with one attached hydrogen (secondary N) is 1. The van der Waals surface area contributed by atoms with Crippen LogP contribution < -0.4 is 11.1 Å². The lowest BCUT2D eigenvalue weighted by Gasteiger charge is -2.32. The molecule has 0 unspecified atom stereocenters. The van der Waals surface area contributed by atoms with Gasteiger partial charge in [-0.3, -0.25) is 4.79 Å². The zero-order valence-electron chi connectivity index (χ0n) is 13.4. The zero-order valence-corrected chi connectivity index (χ0v) is 13.4. The number of nitrogens with two attached hydrogens (primary N) is 1. The second-order valence-electron chi connectivity index (χ2n) is 6.02. The van der Waals surface area contributed by atoms with Crippen LogP contribution in [0.5, 0.6) is 0 Å². The molecule has 8 heteroatoms. The molecular weight excluding hydrogens is 294 g/mol. The van der Waals surface area contributed by atoms with Gasteiger partial charge in [0.1, 0.15) is 18.4 Å². The van der Waals surface area contributed by atoms with Gasteiger partial charge in [0, 0.05) is 13.1 Å². The standard InChI is InChI=1S/C15H23N7O/c1-17-5-2-11-3-6-21(7-4-11)12(23)8-22-10-20-13-14(16)18-9-19-15(13)22/h9-11,17H,2-8H2,1H3,(H2,16,18,19). The van der Waals surface area contributed by atoms with Gasteiger partial charge in [-0.2, -0.15) is 0 Å². The van der Waals surface area contributed by atoms with Crippen LogP contribution in [0.15, 0.2) is 12.7 Å². The van der Waals surface area contributed by atoms with E-state index >= 15 is 0 Å². The third-order valence-electron chi connectivity index (χ3n) is 4.50. The molecule has 1 fully saturated rings. The highest BCUT2D eigenvalue weighted by molar-refractivity contribution is 5.83. The third-order valence-corrected chi connectivity index (χ3v) is 4.50. The minimum Gasteiger partial charge on any atom is -0.382 e. The number of amides is 1. The van der Waals surface area contributed by atoms with Crippen LogP contribution in [0, 0.1) is 5.92 Å². The molecule has 124 valence electrons. The molecule has 1 aliphatic rings. The predicted octanol–water partition coefficient (Wildman–Crippen LogP) is 0.257. The van der Waals surface area contributed by atoms with Crippen LogP contribution >= 0.6 is 0 Å². The smallest absolute Gasteiger partial charge is 0.242 e. The first kappa shape index (κ1) is 15.7. The summed E-state index contributed by atoms with van der Waals surface area (Å²) in [5.74, 6) is 1.16.